The number of hydrogen-bond acceptors (Lipinski definition) is 7. The van der Waals surface area contributed by atoms with Crippen molar-refractivity contribution in [2.24, 2.45) is 0 Å². The molecule has 0 saturated carbocycles. The summed E-state index contributed by atoms with van der Waals surface area (Å²) >= 11 is 1.59. The van der Waals surface area contributed by atoms with Gasteiger partial charge in [0.05, 0.1) is 13.3 Å². The van der Waals surface area contributed by atoms with Crippen molar-refractivity contribution < 1.29 is 23.8 Å². The summed E-state index contributed by atoms with van der Waals surface area (Å²) in [6, 6.07) is 17.3. The number of aromatic nitrogens is 1. The first-order valence-corrected chi connectivity index (χ1v) is 11.8. The number of nitrogens with zero attached hydrogens (tertiary/aromatic N) is 1. The molecule has 0 fully saturated rings. The number of amides is 1. The van der Waals surface area contributed by atoms with Crippen LogP contribution in [-0.2, 0) is 16.1 Å². The number of benzene rings is 2. The van der Waals surface area contributed by atoms with Gasteiger partial charge in [0, 0.05) is 17.3 Å². The second-order valence-electron chi connectivity index (χ2n) is 7.05. The maximum absolute atomic E-state index is 12.9. The molecular formula is C25H26N2O5S. The Balaban J connectivity index is 1.82. The number of thioether (sulfide) groups is 1. The van der Waals surface area contributed by atoms with Crippen LogP contribution in [0.2, 0.25) is 0 Å². The van der Waals surface area contributed by atoms with Crippen LogP contribution in [0.5, 0.6) is 17.2 Å². The van der Waals surface area contributed by atoms with E-state index in [-0.39, 0.29) is 12.5 Å². The lowest BCUT2D eigenvalue weighted by molar-refractivity contribution is -0.142. The number of para-hydroxylation sites is 1. The van der Waals surface area contributed by atoms with Crippen molar-refractivity contribution in [3.8, 4) is 17.2 Å². The Morgan fingerprint density at radius 2 is 1.85 bits per heavy atom. The maximum atomic E-state index is 12.9. The SMILES string of the molecule is COC(=O)C(CCSC)NC(=O)c1ccc(COc2cccnc2)c(Oc2ccccc2)c1. The monoisotopic (exact) mass is 466 g/mol. The molecule has 7 nitrogen and oxygen atoms in total. The van der Waals surface area contributed by atoms with Crippen LogP contribution in [0.15, 0.2) is 73.1 Å². The largest absolute Gasteiger partial charge is 0.487 e. The molecule has 3 rings (SSSR count). The summed E-state index contributed by atoms with van der Waals surface area (Å²) < 4.78 is 16.7. The lowest BCUT2D eigenvalue weighted by atomic mass is 10.1. The lowest BCUT2D eigenvalue weighted by Crippen LogP contribution is -2.41. The van der Waals surface area contributed by atoms with Gasteiger partial charge in [0.2, 0.25) is 0 Å². The minimum Gasteiger partial charge on any atom is -0.487 e. The third kappa shape index (κ3) is 7.25. The molecule has 0 radical (unpaired) electrons. The summed E-state index contributed by atoms with van der Waals surface area (Å²) in [6.45, 7) is 0.230. The Morgan fingerprint density at radius 3 is 2.55 bits per heavy atom. The van der Waals surface area contributed by atoms with E-state index in [1.54, 1.807) is 48.4 Å². The summed E-state index contributed by atoms with van der Waals surface area (Å²) in [7, 11) is 1.31. The predicted octanol–water partition coefficient (Wildman–Crippen LogP) is 4.48. The summed E-state index contributed by atoms with van der Waals surface area (Å²) in [6.07, 6.45) is 5.71. The number of pyridine rings is 1. The molecule has 1 atom stereocenters. The van der Waals surface area contributed by atoms with E-state index in [0.717, 1.165) is 5.56 Å². The van der Waals surface area contributed by atoms with Crippen molar-refractivity contribution in [2.45, 2.75) is 19.1 Å². The van der Waals surface area contributed by atoms with Gasteiger partial charge < -0.3 is 19.5 Å². The first-order chi connectivity index (χ1) is 16.1. The van der Waals surface area contributed by atoms with E-state index in [1.807, 2.05) is 42.7 Å². The zero-order valence-electron chi connectivity index (χ0n) is 18.5. The number of carbonyl (C=O) groups is 2. The summed E-state index contributed by atoms with van der Waals surface area (Å²) in [5.41, 5.74) is 1.12. The van der Waals surface area contributed by atoms with Gasteiger partial charge in [-0.1, -0.05) is 24.3 Å². The van der Waals surface area contributed by atoms with Crippen molar-refractivity contribution in [2.75, 3.05) is 19.1 Å². The Morgan fingerprint density at radius 1 is 1.06 bits per heavy atom. The highest BCUT2D eigenvalue weighted by Crippen LogP contribution is 2.28. The topological polar surface area (TPSA) is 86.8 Å². The average molecular weight is 467 g/mol. The zero-order valence-corrected chi connectivity index (χ0v) is 19.3. The molecule has 1 heterocycles. The molecule has 33 heavy (non-hydrogen) atoms. The Labute approximate surface area is 197 Å². The van der Waals surface area contributed by atoms with Gasteiger partial charge in [0.15, 0.2) is 0 Å². The number of nitrogens with one attached hydrogen (secondary N) is 1. The molecule has 0 spiro atoms. The molecule has 0 aliphatic carbocycles. The van der Waals surface area contributed by atoms with Gasteiger partial charge in [-0.3, -0.25) is 9.78 Å². The molecule has 0 bridgehead atoms. The Hall–Kier alpha value is -3.52. The number of hydrogen-bond donors (Lipinski definition) is 1. The van der Waals surface area contributed by atoms with Crippen molar-refractivity contribution >= 4 is 23.6 Å². The molecular weight excluding hydrogens is 440 g/mol. The van der Waals surface area contributed by atoms with Gasteiger partial charge in [0.25, 0.3) is 5.91 Å². The molecule has 1 unspecified atom stereocenters. The molecule has 172 valence electrons. The fourth-order valence-corrected chi connectivity index (χ4v) is 3.46. The van der Waals surface area contributed by atoms with Crippen LogP contribution in [0.4, 0.5) is 0 Å². The van der Waals surface area contributed by atoms with Crippen LogP contribution in [0.1, 0.15) is 22.3 Å². The molecule has 1 aromatic heterocycles. The summed E-state index contributed by atoms with van der Waals surface area (Å²) in [5.74, 6) is 1.59. The van der Waals surface area contributed by atoms with Gasteiger partial charge in [-0.2, -0.15) is 11.8 Å². The number of methoxy groups -OCH3 is 1. The Kier molecular flexibility index (Phi) is 9.14. The highest BCUT2D eigenvalue weighted by Gasteiger charge is 2.22. The quantitative estimate of drug-likeness (QED) is 0.417. The first-order valence-electron chi connectivity index (χ1n) is 10.4. The minimum absolute atomic E-state index is 0.230. The van der Waals surface area contributed by atoms with Crippen LogP contribution in [0, 0.1) is 0 Å². The minimum atomic E-state index is -0.720. The third-order valence-corrected chi connectivity index (χ3v) is 5.37. The van der Waals surface area contributed by atoms with Crippen LogP contribution in [0.25, 0.3) is 0 Å². The molecule has 3 aromatic rings. The third-order valence-electron chi connectivity index (χ3n) is 4.73. The van der Waals surface area contributed by atoms with Crippen LogP contribution >= 0.6 is 11.8 Å². The highest BCUT2D eigenvalue weighted by molar-refractivity contribution is 7.98. The smallest absolute Gasteiger partial charge is 0.328 e. The number of ether oxygens (including phenoxy) is 3. The molecule has 1 N–H and O–H groups in total. The van der Waals surface area contributed by atoms with Gasteiger partial charge in [0.1, 0.15) is 29.9 Å². The lowest BCUT2D eigenvalue weighted by Gasteiger charge is -2.17. The molecule has 1 amide bonds. The highest BCUT2D eigenvalue weighted by atomic mass is 32.2. The van der Waals surface area contributed by atoms with E-state index in [0.29, 0.717) is 35.0 Å². The normalized spacial score (nSPS) is 11.3. The standard InChI is InChI=1S/C25H26N2O5S/c1-30-25(29)22(12-14-33-2)27-24(28)18-10-11-19(17-31-21-9-6-13-26-16-21)23(15-18)32-20-7-4-3-5-8-20/h3-11,13,15-16,22H,12,14,17H2,1-2H3,(H,27,28). The second-order valence-corrected chi connectivity index (χ2v) is 8.03. The second kappa shape index (κ2) is 12.5. The maximum Gasteiger partial charge on any atom is 0.328 e. The number of carbonyl (C=O) groups excluding carboxylic acids is 2. The summed E-state index contributed by atoms with van der Waals surface area (Å²) in [5, 5.41) is 2.77. The van der Waals surface area contributed by atoms with E-state index in [2.05, 4.69) is 10.3 Å². The van der Waals surface area contributed by atoms with Crippen LogP contribution < -0.4 is 14.8 Å². The molecule has 8 heteroatoms. The fraction of sp³-hybridized carbons (Fsp3) is 0.240. The van der Waals surface area contributed by atoms with Gasteiger partial charge >= 0.3 is 5.97 Å². The predicted molar refractivity (Wildman–Crippen MR) is 128 cm³/mol. The van der Waals surface area contributed by atoms with Gasteiger partial charge in [-0.15, -0.1) is 0 Å². The first kappa shape index (κ1) is 24.1. The molecule has 0 aliphatic heterocycles. The van der Waals surface area contributed by atoms with Crippen molar-refractivity contribution in [1.29, 1.82) is 0 Å². The van der Waals surface area contributed by atoms with Crippen molar-refractivity contribution in [1.82, 2.24) is 10.3 Å². The van der Waals surface area contributed by atoms with E-state index in [9.17, 15) is 9.59 Å². The molecule has 0 saturated heterocycles. The van der Waals surface area contributed by atoms with E-state index >= 15 is 0 Å². The van der Waals surface area contributed by atoms with E-state index < -0.39 is 12.0 Å². The zero-order chi connectivity index (χ0) is 23.5. The summed E-state index contributed by atoms with van der Waals surface area (Å²) in [4.78, 5) is 29.0. The average Bonchev–Trinajstić information content (AvgIpc) is 2.86. The van der Waals surface area contributed by atoms with Gasteiger partial charge in [-0.05, 0) is 54.8 Å². The van der Waals surface area contributed by atoms with Crippen molar-refractivity contribution in [3.05, 3.63) is 84.2 Å². The van der Waals surface area contributed by atoms with Crippen LogP contribution in [0.3, 0.4) is 0 Å². The number of esters is 1. The Bertz CT molecular complexity index is 1050. The van der Waals surface area contributed by atoms with E-state index in [1.165, 1.54) is 7.11 Å². The fourth-order valence-electron chi connectivity index (χ4n) is 2.99. The number of rotatable bonds is 11. The van der Waals surface area contributed by atoms with Gasteiger partial charge in [-0.25, -0.2) is 4.79 Å². The molecule has 2 aromatic carbocycles. The van der Waals surface area contributed by atoms with Crippen LogP contribution in [-0.4, -0.2) is 42.0 Å². The molecule has 0 aliphatic rings. The van der Waals surface area contributed by atoms with E-state index in [4.69, 9.17) is 14.2 Å². The van der Waals surface area contributed by atoms with Crippen molar-refractivity contribution in [3.63, 3.8) is 0 Å².